The van der Waals surface area contributed by atoms with E-state index in [1.165, 1.54) is 55.1 Å². The molecule has 5 nitrogen and oxygen atoms in total. The Balaban J connectivity index is 1.66. The summed E-state index contributed by atoms with van der Waals surface area (Å²) in [5, 5.41) is 5.63. The Labute approximate surface area is 320 Å². The van der Waals surface area contributed by atoms with Crippen LogP contribution in [0.4, 0.5) is 4.79 Å². The molecule has 282 valence electrons. The monoisotopic (exact) mass is 732 g/mol. The molecule has 2 amide bonds. The molecule has 1 saturated heterocycles. The van der Waals surface area contributed by atoms with Gasteiger partial charge < -0.3 is 15.0 Å². The van der Waals surface area contributed by atoms with E-state index in [0.29, 0.717) is 6.54 Å². The third-order valence-electron chi connectivity index (χ3n) is 10.8. The van der Waals surface area contributed by atoms with Crippen molar-refractivity contribution in [3.8, 4) is 0 Å². The Bertz CT molecular complexity index is 1750. The van der Waals surface area contributed by atoms with Crippen LogP contribution < -0.4 is 15.9 Å². The summed E-state index contributed by atoms with van der Waals surface area (Å²) in [6, 6.07) is 30.1. The molecule has 4 aromatic rings. The minimum Gasteiger partial charge on any atom is -0.444 e. The number of aryl methyl sites for hydroxylation is 6. The first kappa shape index (κ1) is 40.2. The highest BCUT2D eigenvalue weighted by atomic mass is 31.1. The first-order valence-electron chi connectivity index (χ1n) is 19.3. The third kappa shape index (κ3) is 9.98. The van der Waals surface area contributed by atoms with Gasteiger partial charge in [-0.15, -0.1) is 0 Å². The first-order chi connectivity index (χ1) is 24.9. The van der Waals surface area contributed by atoms with Gasteiger partial charge in [0.05, 0.1) is 0 Å². The highest BCUT2D eigenvalue weighted by Crippen LogP contribution is 2.47. The van der Waals surface area contributed by atoms with Crippen LogP contribution in [0.2, 0.25) is 0 Å². The van der Waals surface area contributed by atoms with Crippen LogP contribution >= 0.6 is 7.92 Å². The lowest BCUT2D eigenvalue weighted by Crippen LogP contribution is -2.54. The molecule has 0 aromatic heterocycles. The largest absolute Gasteiger partial charge is 0.444 e. The topological polar surface area (TPSA) is 58.6 Å². The van der Waals surface area contributed by atoms with Crippen LogP contribution in [0, 0.1) is 52.9 Å². The van der Waals surface area contributed by atoms with Crippen LogP contribution in [-0.2, 0) is 22.4 Å². The van der Waals surface area contributed by atoms with Gasteiger partial charge in [0.25, 0.3) is 0 Å². The summed E-state index contributed by atoms with van der Waals surface area (Å²) in [7, 11) is -0.783. The van der Waals surface area contributed by atoms with Crippen molar-refractivity contribution in [2.45, 2.75) is 113 Å². The molecule has 0 unspecified atom stereocenters. The number of carbonyl (C=O) groups is 2. The molecule has 6 heteroatoms. The van der Waals surface area contributed by atoms with Gasteiger partial charge in [-0.3, -0.25) is 4.79 Å². The third-order valence-corrected chi connectivity index (χ3v) is 13.4. The van der Waals surface area contributed by atoms with E-state index in [0.717, 1.165) is 25.4 Å². The maximum atomic E-state index is 15.2. The molecule has 0 spiro atoms. The van der Waals surface area contributed by atoms with Crippen LogP contribution in [0.5, 0.6) is 0 Å². The van der Waals surface area contributed by atoms with Crippen LogP contribution in [0.3, 0.4) is 0 Å². The van der Waals surface area contributed by atoms with Gasteiger partial charge in [-0.1, -0.05) is 110 Å². The Hall–Kier alpha value is -3.95. The predicted molar refractivity (Wildman–Crippen MR) is 223 cm³/mol. The van der Waals surface area contributed by atoms with Crippen molar-refractivity contribution in [1.29, 1.82) is 0 Å². The SMILES string of the molecule is Cc1cc(C)c(CC2(Cc3c(C)cc(C)cc3C)C[C@@H](CP(c3ccccc3)c3ccccc3)N(C(=O)[C@H](NC(=O)OC(C)(C)C)C(C)C)C2)c(C)c1. The molecule has 53 heavy (non-hydrogen) atoms. The van der Waals surface area contributed by atoms with Crippen molar-refractivity contribution in [1.82, 2.24) is 10.2 Å². The maximum Gasteiger partial charge on any atom is 0.408 e. The van der Waals surface area contributed by atoms with Crippen molar-refractivity contribution in [2.24, 2.45) is 11.3 Å². The van der Waals surface area contributed by atoms with Crippen molar-refractivity contribution in [3.63, 3.8) is 0 Å². The maximum absolute atomic E-state index is 15.2. The lowest BCUT2D eigenvalue weighted by atomic mass is 9.72. The molecule has 1 heterocycles. The predicted octanol–water partition coefficient (Wildman–Crippen LogP) is 9.59. The van der Waals surface area contributed by atoms with E-state index >= 15 is 4.79 Å². The summed E-state index contributed by atoms with van der Waals surface area (Å²) in [6.45, 7) is 23.5. The molecule has 0 radical (unpaired) electrons. The van der Waals surface area contributed by atoms with Crippen molar-refractivity contribution in [3.05, 3.63) is 129 Å². The van der Waals surface area contributed by atoms with E-state index in [2.05, 4.69) is 137 Å². The quantitative estimate of drug-likeness (QED) is 0.156. The average Bonchev–Trinajstić information content (AvgIpc) is 3.43. The Morgan fingerprint density at radius 1 is 0.774 bits per heavy atom. The van der Waals surface area contributed by atoms with Gasteiger partial charge in [0, 0.05) is 12.6 Å². The zero-order valence-electron chi connectivity index (χ0n) is 34.0. The molecular formula is C47H61N2O3P. The molecule has 0 aliphatic carbocycles. The number of nitrogens with zero attached hydrogens (tertiary/aromatic N) is 1. The molecule has 1 fully saturated rings. The standard InChI is InChI=1S/C47H61N2O3P/c1-31(2)43(48-45(51)52-46(9,10)11)44(50)49-30-47(27-41-34(5)22-32(3)23-35(41)6,28-42-36(7)24-33(4)25-37(42)8)26-38(49)29-53(39-18-14-12-15-19-39)40-20-16-13-17-21-40/h12-25,31,38,43H,26-30H2,1-11H3,(H,48,51)/t38-,43+/m0/s1. The Morgan fingerprint density at radius 3 is 1.60 bits per heavy atom. The molecule has 5 rings (SSSR count). The number of ether oxygens (including phenoxy) is 1. The Morgan fingerprint density at radius 2 is 1.21 bits per heavy atom. The summed E-state index contributed by atoms with van der Waals surface area (Å²) in [5.41, 5.74) is 9.64. The molecule has 1 N–H and O–H groups in total. The van der Waals surface area contributed by atoms with E-state index in [1.54, 1.807) is 0 Å². The lowest BCUT2D eigenvalue weighted by molar-refractivity contribution is -0.135. The fourth-order valence-electron chi connectivity index (χ4n) is 8.55. The zero-order chi connectivity index (χ0) is 38.7. The smallest absolute Gasteiger partial charge is 0.408 e. The van der Waals surface area contributed by atoms with E-state index in [4.69, 9.17) is 4.74 Å². The van der Waals surface area contributed by atoms with Crippen LogP contribution in [0.25, 0.3) is 0 Å². The van der Waals surface area contributed by atoms with Crippen LogP contribution in [0.15, 0.2) is 84.9 Å². The number of hydrogen-bond acceptors (Lipinski definition) is 3. The lowest BCUT2D eigenvalue weighted by Gasteiger charge is -2.34. The van der Waals surface area contributed by atoms with Crippen molar-refractivity contribution < 1.29 is 14.3 Å². The molecule has 2 atom stereocenters. The minimum absolute atomic E-state index is 0.0245. The first-order valence-corrected chi connectivity index (χ1v) is 20.8. The number of alkyl carbamates (subject to hydrolysis) is 1. The average molecular weight is 733 g/mol. The number of hydrogen-bond donors (Lipinski definition) is 1. The van der Waals surface area contributed by atoms with E-state index in [1.807, 2.05) is 34.6 Å². The highest BCUT2D eigenvalue weighted by molar-refractivity contribution is 7.73. The molecule has 1 aliphatic heterocycles. The second-order valence-corrected chi connectivity index (χ2v) is 19.3. The molecule has 0 bridgehead atoms. The van der Waals surface area contributed by atoms with Gasteiger partial charge in [0.15, 0.2) is 0 Å². The highest BCUT2D eigenvalue weighted by Gasteiger charge is 2.49. The van der Waals surface area contributed by atoms with Crippen molar-refractivity contribution >= 4 is 30.5 Å². The van der Waals surface area contributed by atoms with Gasteiger partial charge in [-0.25, -0.2) is 4.79 Å². The number of nitrogens with one attached hydrogen (secondary N) is 1. The minimum atomic E-state index is -0.783. The molecule has 1 aliphatic rings. The van der Waals surface area contributed by atoms with Gasteiger partial charge in [-0.05, 0) is 151 Å². The second kappa shape index (κ2) is 16.6. The van der Waals surface area contributed by atoms with Gasteiger partial charge in [0.1, 0.15) is 11.6 Å². The summed E-state index contributed by atoms with van der Waals surface area (Å²) in [6.07, 6.45) is 2.90. The summed E-state index contributed by atoms with van der Waals surface area (Å²) in [5.74, 6) is -0.151. The summed E-state index contributed by atoms with van der Waals surface area (Å²) >= 11 is 0. The fraction of sp³-hybridized carbons (Fsp3) is 0.447. The number of likely N-dealkylation sites (tertiary alicyclic amines) is 1. The van der Waals surface area contributed by atoms with Gasteiger partial charge in [0.2, 0.25) is 5.91 Å². The number of amides is 2. The zero-order valence-corrected chi connectivity index (χ0v) is 34.9. The van der Waals surface area contributed by atoms with E-state index in [9.17, 15) is 4.79 Å². The second-order valence-electron chi connectivity index (χ2n) is 17.1. The summed E-state index contributed by atoms with van der Waals surface area (Å²) in [4.78, 5) is 30.6. The Kier molecular flexibility index (Phi) is 12.6. The number of carbonyl (C=O) groups excluding carboxylic acids is 2. The van der Waals surface area contributed by atoms with Gasteiger partial charge in [-0.2, -0.15) is 0 Å². The van der Waals surface area contributed by atoms with Crippen molar-refractivity contribution in [2.75, 3.05) is 12.7 Å². The molecular weight excluding hydrogens is 672 g/mol. The molecule has 4 aromatic carbocycles. The van der Waals surface area contributed by atoms with Gasteiger partial charge >= 0.3 is 6.09 Å². The fourth-order valence-corrected chi connectivity index (χ4v) is 11.1. The van der Waals surface area contributed by atoms with Crippen LogP contribution in [-0.4, -0.2) is 47.3 Å². The van der Waals surface area contributed by atoms with E-state index < -0.39 is 25.7 Å². The molecule has 0 saturated carbocycles. The summed E-state index contributed by atoms with van der Waals surface area (Å²) < 4.78 is 5.69. The van der Waals surface area contributed by atoms with E-state index in [-0.39, 0.29) is 23.3 Å². The normalized spacial score (nSPS) is 16.2. The number of rotatable bonds is 11. The van der Waals surface area contributed by atoms with Crippen LogP contribution in [0.1, 0.15) is 85.5 Å². The number of benzene rings is 4.